The number of nitrogens with one attached hydrogen (secondary N) is 1. The molecule has 2 aromatic carbocycles. The molecule has 0 radical (unpaired) electrons. The van der Waals surface area contributed by atoms with Crippen LogP contribution in [0.1, 0.15) is 18.4 Å². The zero-order valence-corrected chi connectivity index (χ0v) is 16.8. The summed E-state index contributed by atoms with van der Waals surface area (Å²) in [4.78, 5) is 11.9. The van der Waals surface area contributed by atoms with Gasteiger partial charge >= 0.3 is 10.1 Å². The van der Waals surface area contributed by atoms with Crippen LogP contribution < -0.4 is 9.50 Å². The number of anilines is 1. The average Bonchev–Trinajstić information content (AvgIpc) is 2.66. The van der Waals surface area contributed by atoms with Gasteiger partial charge in [0.1, 0.15) is 11.5 Å². The summed E-state index contributed by atoms with van der Waals surface area (Å²) in [5.74, 6) is -0.232. The van der Waals surface area contributed by atoms with E-state index in [1.807, 2.05) is 31.2 Å². The lowest BCUT2D eigenvalue weighted by Crippen LogP contribution is -2.26. The lowest BCUT2D eigenvalue weighted by molar-refractivity contribution is -0.111. The largest absolute Gasteiger partial charge is 0.382 e. The number of hydrogen-bond acceptors (Lipinski definition) is 5. The predicted octanol–water partition coefficient (Wildman–Crippen LogP) is 3.69. The van der Waals surface area contributed by atoms with Crippen LogP contribution in [-0.2, 0) is 19.6 Å². The maximum absolute atomic E-state index is 12.2. The van der Waals surface area contributed by atoms with Gasteiger partial charge in [0, 0.05) is 12.8 Å². The van der Waals surface area contributed by atoms with Crippen molar-refractivity contribution in [3.05, 3.63) is 72.3 Å². The first-order valence-corrected chi connectivity index (χ1v) is 10.5. The van der Waals surface area contributed by atoms with Crippen LogP contribution in [0.15, 0.2) is 66.7 Å². The minimum absolute atomic E-state index is 0.238. The highest BCUT2D eigenvalue weighted by Gasteiger charge is 2.20. The Morgan fingerprint density at radius 2 is 1.79 bits per heavy atom. The molecule has 0 bridgehead atoms. The van der Waals surface area contributed by atoms with Gasteiger partial charge in [-0.2, -0.15) is 8.42 Å². The first-order chi connectivity index (χ1) is 13.4. The second kappa shape index (κ2) is 10.6. The van der Waals surface area contributed by atoms with Crippen molar-refractivity contribution in [3.8, 4) is 5.75 Å². The minimum atomic E-state index is -3.77. The van der Waals surface area contributed by atoms with E-state index < -0.39 is 16.2 Å². The first-order valence-electron chi connectivity index (χ1n) is 8.92. The Kier molecular flexibility index (Phi) is 8.22. The Labute approximate surface area is 166 Å². The number of ether oxygens (including phenoxy) is 1. The molecule has 0 heterocycles. The summed E-state index contributed by atoms with van der Waals surface area (Å²) >= 11 is 0. The highest BCUT2D eigenvalue weighted by atomic mass is 32.2. The number of para-hydroxylation sites is 1. The maximum atomic E-state index is 12.2. The zero-order chi connectivity index (χ0) is 20.4. The van der Waals surface area contributed by atoms with Crippen molar-refractivity contribution in [1.29, 1.82) is 0 Å². The number of carbonyl (C=O) groups excluding carboxylic acids is 1. The summed E-state index contributed by atoms with van der Waals surface area (Å²) in [5, 5.41) is 2.76. The summed E-state index contributed by atoms with van der Waals surface area (Å²) < 4.78 is 34.6. The van der Waals surface area contributed by atoms with Gasteiger partial charge in [-0.15, -0.1) is 0 Å². The summed E-state index contributed by atoms with van der Waals surface area (Å²) in [6.07, 6.45) is 3.54. The van der Waals surface area contributed by atoms with Crippen LogP contribution in [0.2, 0.25) is 0 Å². The van der Waals surface area contributed by atoms with Gasteiger partial charge in [0.2, 0.25) is 5.91 Å². The molecule has 2 rings (SSSR count). The smallest absolute Gasteiger partial charge is 0.311 e. The number of allylic oxidation sites excluding steroid dienone is 1. The maximum Gasteiger partial charge on any atom is 0.311 e. The third-order valence-corrected chi connectivity index (χ3v) is 5.16. The number of hydrogen-bond donors (Lipinski definition) is 1. The van der Waals surface area contributed by atoms with E-state index in [1.165, 1.54) is 13.2 Å². The van der Waals surface area contributed by atoms with Crippen LogP contribution in [0.25, 0.3) is 0 Å². The summed E-state index contributed by atoms with van der Waals surface area (Å²) in [6, 6.07) is 15.8. The van der Waals surface area contributed by atoms with Crippen LogP contribution in [0.4, 0.5) is 5.69 Å². The Balaban J connectivity index is 1.78. The Morgan fingerprint density at radius 1 is 1.11 bits per heavy atom. The van der Waals surface area contributed by atoms with Crippen molar-refractivity contribution < 1.29 is 22.1 Å². The average molecular weight is 404 g/mol. The van der Waals surface area contributed by atoms with E-state index in [-0.39, 0.29) is 17.4 Å². The van der Waals surface area contributed by atoms with Crippen molar-refractivity contribution in [2.75, 3.05) is 18.2 Å². The fraction of sp³-hybridized carbons (Fsp3) is 0.286. The second-order valence-electron chi connectivity index (χ2n) is 6.31. The quantitative estimate of drug-likeness (QED) is 0.483. The van der Waals surface area contributed by atoms with Crippen molar-refractivity contribution in [3.63, 3.8) is 0 Å². The molecule has 0 fully saturated rings. The molecule has 0 aliphatic heterocycles. The molecule has 1 unspecified atom stereocenters. The van der Waals surface area contributed by atoms with Crippen LogP contribution in [0.3, 0.4) is 0 Å². The van der Waals surface area contributed by atoms with Gasteiger partial charge in [-0.25, -0.2) is 0 Å². The summed E-state index contributed by atoms with van der Waals surface area (Å²) in [6.45, 7) is 1.98. The summed E-state index contributed by atoms with van der Waals surface area (Å²) in [7, 11) is -2.32. The number of aryl methyl sites for hydroxylation is 1. The number of amides is 1. The van der Waals surface area contributed by atoms with Crippen LogP contribution in [0, 0.1) is 6.92 Å². The molecule has 6 nitrogen and oxygen atoms in total. The molecular formula is C21H25NO5S. The van der Waals surface area contributed by atoms with Crippen molar-refractivity contribution in [2.24, 2.45) is 0 Å². The van der Waals surface area contributed by atoms with E-state index in [0.29, 0.717) is 12.8 Å². The van der Waals surface area contributed by atoms with E-state index in [2.05, 4.69) is 5.32 Å². The highest BCUT2D eigenvalue weighted by Crippen LogP contribution is 2.14. The number of benzene rings is 2. The van der Waals surface area contributed by atoms with E-state index in [9.17, 15) is 13.2 Å². The predicted molar refractivity (Wildman–Crippen MR) is 110 cm³/mol. The number of methoxy groups -OCH3 is 1. The summed E-state index contributed by atoms with van der Waals surface area (Å²) in [5.41, 5.74) is 1.84. The van der Waals surface area contributed by atoms with Gasteiger partial charge in [0.05, 0.1) is 6.10 Å². The molecule has 7 heteroatoms. The molecule has 28 heavy (non-hydrogen) atoms. The molecule has 2 aromatic rings. The lowest BCUT2D eigenvalue weighted by atomic mass is 10.2. The zero-order valence-electron chi connectivity index (χ0n) is 16.0. The first kappa shape index (κ1) is 21.7. The molecule has 1 N–H and O–H groups in total. The molecule has 150 valence electrons. The van der Waals surface area contributed by atoms with Crippen LogP contribution in [0.5, 0.6) is 5.75 Å². The van der Waals surface area contributed by atoms with Crippen LogP contribution >= 0.6 is 0 Å². The van der Waals surface area contributed by atoms with Gasteiger partial charge in [0.15, 0.2) is 0 Å². The van der Waals surface area contributed by atoms with Gasteiger partial charge in [0.25, 0.3) is 0 Å². The fourth-order valence-corrected chi connectivity index (χ4v) is 3.68. The van der Waals surface area contributed by atoms with Crippen molar-refractivity contribution in [1.82, 2.24) is 0 Å². The van der Waals surface area contributed by atoms with E-state index in [0.717, 1.165) is 11.3 Å². The lowest BCUT2D eigenvalue weighted by Gasteiger charge is -2.15. The Bertz CT molecular complexity index is 877. The minimum Gasteiger partial charge on any atom is -0.382 e. The molecule has 0 spiro atoms. The number of carbonyl (C=O) groups is 1. The van der Waals surface area contributed by atoms with E-state index in [1.54, 1.807) is 36.4 Å². The van der Waals surface area contributed by atoms with Gasteiger partial charge in [-0.1, -0.05) is 42.0 Å². The molecular weight excluding hydrogens is 378 g/mol. The van der Waals surface area contributed by atoms with Gasteiger partial charge in [-0.3, -0.25) is 4.79 Å². The van der Waals surface area contributed by atoms with Gasteiger partial charge < -0.3 is 14.2 Å². The molecule has 0 saturated heterocycles. The SMILES string of the molecule is COC(CCC=CC(=O)Nc1ccc(C)cc1)CS(=O)(=O)Oc1ccccc1. The topological polar surface area (TPSA) is 81.7 Å². The third kappa shape index (κ3) is 7.94. The van der Waals surface area contributed by atoms with Crippen LogP contribution in [-0.4, -0.2) is 33.3 Å². The monoisotopic (exact) mass is 403 g/mol. The molecule has 0 aliphatic rings. The second-order valence-corrected chi connectivity index (χ2v) is 7.93. The highest BCUT2D eigenvalue weighted by molar-refractivity contribution is 7.87. The third-order valence-electron chi connectivity index (χ3n) is 3.93. The molecule has 0 saturated carbocycles. The normalized spacial score (nSPS) is 12.6. The molecule has 1 atom stereocenters. The van der Waals surface area contributed by atoms with Crippen molar-refractivity contribution in [2.45, 2.75) is 25.9 Å². The number of rotatable bonds is 10. The van der Waals surface area contributed by atoms with Gasteiger partial charge in [-0.05, 0) is 50.1 Å². The molecule has 0 aliphatic carbocycles. The standard InChI is InChI=1S/C21H25NO5S/c1-17-12-14-18(15-13-17)22-21(23)11-7-6-10-20(26-2)16-28(24,25)27-19-8-4-3-5-9-19/h3-5,7-9,11-15,20H,6,10,16H2,1-2H3,(H,22,23). The Hall–Kier alpha value is -2.64. The molecule has 0 aromatic heterocycles. The van der Waals surface area contributed by atoms with E-state index >= 15 is 0 Å². The Morgan fingerprint density at radius 3 is 2.43 bits per heavy atom. The molecule has 1 amide bonds. The van der Waals surface area contributed by atoms with E-state index in [4.69, 9.17) is 8.92 Å². The van der Waals surface area contributed by atoms with Crippen molar-refractivity contribution >= 4 is 21.7 Å². The fourth-order valence-electron chi connectivity index (χ4n) is 2.45.